The lowest BCUT2D eigenvalue weighted by atomic mass is 10.1. The summed E-state index contributed by atoms with van der Waals surface area (Å²) >= 11 is 0. The maximum Gasteiger partial charge on any atom is 0.243 e. The lowest BCUT2D eigenvalue weighted by Gasteiger charge is -2.19. The molecule has 0 saturated carbocycles. The van der Waals surface area contributed by atoms with Crippen molar-refractivity contribution in [2.45, 2.75) is 32.2 Å². The fraction of sp³-hybridized carbons (Fsp3) is 0.500. The number of benzene rings is 1. The lowest BCUT2D eigenvalue weighted by Crippen LogP contribution is -2.30. The van der Waals surface area contributed by atoms with Crippen LogP contribution in [0.15, 0.2) is 23.1 Å². The van der Waals surface area contributed by atoms with Gasteiger partial charge in [-0.05, 0) is 30.2 Å². The molecule has 0 atom stereocenters. The molecule has 0 aliphatic rings. The first-order chi connectivity index (χ1) is 7.97. The SMILES string of the molecule is CCN(CC)S(=O)(=O)c1ccc(C)c(CN)c1. The van der Waals surface area contributed by atoms with Crippen molar-refractivity contribution >= 4 is 10.0 Å². The molecule has 0 heterocycles. The van der Waals surface area contributed by atoms with Gasteiger partial charge in [0.2, 0.25) is 10.0 Å². The monoisotopic (exact) mass is 256 g/mol. The maximum atomic E-state index is 12.3. The third-order valence-corrected chi connectivity index (χ3v) is 4.93. The van der Waals surface area contributed by atoms with Crippen molar-refractivity contribution in [1.82, 2.24) is 4.31 Å². The Morgan fingerprint density at radius 3 is 2.29 bits per heavy atom. The standard InChI is InChI=1S/C12H20N2O2S/c1-4-14(5-2)17(15,16)12-7-6-10(3)11(8-12)9-13/h6-8H,4-5,9,13H2,1-3H3. The predicted octanol–water partition coefficient (Wildman–Crippen LogP) is 1.48. The van der Waals surface area contributed by atoms with Crippen molar-refractivity contribution in [3.63, 3.8) is 0 Å². The molecule has 96 valence electrons. The molecule has 0 radical (unpaired) electrons. The van der Waals surface area contributed by atoms with Gasteiger partial charge in [0.15, 0.2) is 0 Å². The van der Waals surface area contributed by atoms with Gasteiger partial charge in [0, 0.05) is 19.6 Å². The molecule has 0 saturated heterocycles. The summed E-state index contributed by atoms with van der Waals surface area (Å²) in [6.45, 7) is 6.90. The van der Waals surface area contributed by atoms with E-state index in [0.717, 1.165) is 11.1 Å². The highest BCUT2D eigenvalue weighted by atomic mass is 32.2. The van der Waals surface area contributed by atoms with Gasteiger partial charge >= 0.3 is 0 Å². The van der Waals surface area contributed by atoms with Crippen LogP contribution < -0.4 is 5.73 Å². The normalized spacial score (nSPS) is 12.1. The van der Waals surface area contributed by atoms with Crippen LogP contribution in [0.4, 0.5) is 0 Å². The molecule has 5 heteroatoms. The molecule has 0 amide bonds. The summed E-state index contributed by atoms with van der Waals surface area (Å²) in [5.41, 5.74) is 7.49. The molecular weight excluding hydrogens is 236 g/mol. The quantitative estimate of drug-likeness (QED) is 0.868. The molecule has 0 aromatic heterocycles. The highest BCUT2D eigenvalue weighted by Crippen LogP contribution is 2.19. The van der Waals surface area contributed by atoms with Gasteiger partial charge in [0.25, 0.3) is 0 Å². The zero-order chi connectivity index (χ0) is 13.1. The number of nitrogens with zero attached hydrogens (tertiary/aromatic N) is 1. The summed E-state index contributed by atoms with van der Waals surface area (Å²) in [6.07, 6.45) is 0. The summed E-state index contributed by atoms with van der Waals surface area (Å²) in [4.78, 5) is 0.326. The van der Waals surface area contributed by atoms with E-state index in [4.69, 9.17) is 5.73 Å². The summed E-state index contributed by atoms with van der Waals surface area (Å²) < 4.78 is 26.0. The Kier molecular flexibility index (Phi) is 4.68. The van der Waals surface area contributed by atoms with Gasteiger partial charge in [-0.2, -0.15) is 4.31 Å². The van der Waals surface area contributed by atoms with Gasteiger partial charge in [0.1, 0.15) is 0 Å². The largest absolute Gasteiger partial charge is 0.326 e. The Hall–Kier alpha value is -0.910. The molecule has 0 spiro atoms. The highest BCUT2D eigenvalue weighted by Gasteiger charge is 2.21. The van der Waals surface area contributed by atoms with Crippen LogP contribution >= 0.6 is 0 Å². The van der Waals surface area contributed by atoms with Crippen LogP contribution in [0, 0.1) is 6.92 Å². The number of hydrogen-bond acceptors (Lipinski definition) is 3. The van der Waals surface area contributed by atoms with Gasteiger partial charge < -0.3 is 5.73 Å². The van der Waals surface area contributed by atoms with Crippen molar-refractivity contribution in [2.24, 2.45) is 5.73 Å². The minimum absolute atomic E-state index is 0.326. The molecule has 0 unspecified atom stereocenters. The predicted molar refractivity (Wildman–Crippen MR) is 69.2 cm³/mol. The van der Waals surface area contributed by atoms with Gasteiger partial charge in [-0.3, -0.25) is 0 Å². The second-order valence-corrected chi connectivity index (χ2v) is 5.82. The van der Waals surface area contributed by atoms with Crippen molar-refractivity contribution in [3.05, 3.63) is 29.3 Å². The second-order valence-electron chi connectivity index (χ2n) is 3.88. The van der Waals surface area contributed by atoms with Crippen LogP contribution in [-0.4, -0.2) is 25.8 Å². The third-order valence-electron chi connectivity index (χ3n) is 2.88. The first-order valence-corrected chi connectivity index (χ1v) is 7.21. The zero-order valence-corrected chi connectivity index (χ0v) is 11.4. The van der Waals surface area contributed by atoms with Crippen LogP contribution in [0.25, 0.3) is 0 Å². The van der Waals surface area contributed by atoms with Crippen molar-refractivity contribution in [3.8, 4) is 0 Å². The zero-order valence-electron chi connectivity index (χ0n) is 10.6. The fourth-order valence-electron chi connectivity index (χ4n) is 1.74. The summed E-state index contributed by atoms with van der Waals surface area (Å²) in [5.74, 6) is 0. The van der Waals surface area contributed by atoms with Crippen molar-refractivity contribution < 1.29 is 8.42 Å². The lowest BCUT2D eigenvalue weighted by molar-refractivity contribution is 0.445. The Balaban J connectivity index is 3.24. The number of rotatable bonds is 5. The first-order valence-electron chi connectivity index (χ1n) is 5.77. The van der Waals surface area contributed by atoms with E-state index in [2.05, 4.69) is 0 Å². The molecule has 0 aliphatic carbocycles. The van der Waals surface area contributed by atoms with Crippen LogP contribution in [0.3, 0.4) is 0 Å². The smallest absolute Gasteiger partial charge is 0.243 e. The van der Waals surface area contributed by atoms with Crippen molar-refractivity contribution in [2.75, 3.05) is 13.1 Å². The Labute approximate surface area is 103 Å². The molecule has 17 heavy (non-hydrogen) atoms. The van der Waals surface area contributed by atoms with Gasteiger partial charge in [-0.15, -0.1) is 0 Å². The Bertz CT molecular complexity index is 479. The summed E-state index contributed by atoms with van der Waals surface area (Å²) in [5, 5.41) is 0. The van der Waals surface area contributed by atoms with E-state index in [1.807, 2.05) is 20.8 Å². The molecule has 0 aliphatic heterocycles. The third kappa shape index (κ3) is 2.86. The van der Waals surface area contributed by atoms with E-state index in [9.17, 15) is 8.42 Å². The fourth-order valence-corrected chi connectivity index (χ4v) is 3.25. The van der Waals surface area contributed by atoms with Gasteiger partial charge in [-0.1, -0.05) is 19.9 Å². The van der Waals surface area contributed by atoms with E-state index in [1.54, 1.807) is 18.2 Å². The molecule has 1 aromatic rings. The van der Waals surface area contributed by atoms with Crippen molar-refractivity contribution in [1.29, 1.82) is 0 Å². The molecule has 2 N–H and O–H groups in total. The molecule has 1 rings (SSSR count). The van der Waals surface area contributed by atoms with Gasteiger partial charge in [0.05, 0.1) is 4.90 Å². The van der Waals surface area contributed by atoms with E-state index in [0.29, 0.717) is 24.5 Å². The first kappa shape index (κ1) is 14.2. The van der Waals surface area contributed by atoms with Crippen LogP contribution in [-0.2, 0) is 16.6 Å². The average molecular weight is 256 g/mol. The van der Waals surface area contributed by atoms with E-state index in [-0.39, 0.29) is 0 Å². The number of aryl methyl sites for hydroxylation is 1. The number of nitrogens with two attached hydrogens (primary N) is 1. The molecule has 0 fully saturated rings. The minimum Gasteiger partial charge on any atom is -0.326 e. The van der Waals surface area contributed by atoms with E-state index in [1.165, 1.54) is 4.31 Å². The average Bonchev–Trinajstić information content (AvgIpc) is 2.30. The maximum absolute atomic E-state index is 12.3. The molecule has 0 bridgehead atoms. The van der Waals surface area contributed by atoms with E-state index >= 15 is 0 Å². The summed E-state index contributed by atoms with van der Waals surface area (Å²) in [7, 11) is -3.37. The van der Waals surface area contributed by atoms with Gasteiger partial charge in [-0.25, -0.2) is 8.42 Å². The Morgan fingerprint density at radius 1 is 1.24 bits per heavy atom. The number of sulfonamides is 1. The van der Waals surface area contributed by atoms with Crippen LogP contribution in [0.5, 0.6) is 0 Å². The molecular formula is C12H20N2O2S. The minimum atomic E-state index is -3.37. The molecule has 1 aromatic carbocycles. The highest BCUT2D eigenvalue weighted by molar-refractivity contribution is 7.89. The number of hydrogen-bond donors (Lipinski definition) is 1. The topological polar surface area (TPSA) is 63.4 Å². The van der Waals surface area contributed by atoms with Crippen LogP contribution in [0.2, 0.25) is 0 Å². The van der Waals surface area contributed by atoms with Crippen LogP contribution in [0.1, 0.15) is 25.0 Å². The summed E-state index contributed by atoms with van der Waals surface area (Å²) in [6, 6.07) is 5.11. The molecule has 4 nitrogen and oxygen atoms in total. The second kappa shape index (κ2) is 5.62. The van der Waals surface area contributed by atoms with E-state index < -0.39 is 10.0 Å². The Morgan fingerprint density at radius 2 is 1.82 bits per heavy atom.